The van der Waals surface area contributed by atoms with Gasteiger partial charge in [0.1, 0.15) is 0 Å². The van der Waals surface area contributed by atoms with Crippen molar-refractivity contribution in [2.45, 2.75) is 19.3 Å². The van der Waals surface area contributed by atoms with Crippen molar-refractivity contribution in [2.24, 2.45) is 5.73 Å². The van der Waals surface area contributed by atoms with Crippen molar-refractivity contribution in [1.29, 1.82) is 0 Å². The van der Waals surface area contributed by atoms with E-state index < -0.39 is 0 Å². The van der Waals surface area contributed by atoms with Crippen molar-refractivity contribution in [3.8, 4) is 0 Å². The summed E-state index contributed by atoms with van der Waals surface area (Å²) < 4.78 is 0.852. The van der Waals surface area contributed by atoms with E-state index in [1.54, 1.807) is 0 Å². The zero-order chi connectivity index (χ0) is 14.1. The molecule has 5 nitrogen and oxygen atoms in total. The summed E-state index contributed by atoms with van der Waals surface area (Å²) in [5.74, 6) is -0.381. The van der Waals surface area contributed by atoms with Gasteiger partial charge >= 0.3 is 0 Å². The fourth-order valence-electron chi connectivity index (χ4n) is 1.51. The lowest BCUT2D eigenvalue weighted by Crippen LogP contribution is -2.29. The van der Waals surface area contributed by atoms with E-state index in [1.165, 1.54) is 0 Å². The maximum absolute atomic E-state index is 11.6. The number of benzene rings is 1. The van der Waals surface area contributed by atoms with Crippen LogP contribution in [0.5, 0.6) is 0 Å². The average molecular weight is 328 g/mol. The molecular formula is C13H18BrN3O2. The second kappa shape index (κ2) is 8.66. The van der Waals surface area contributed by atoms with E-state index in [0.717, 1.165) is 23.0 Å². The molecule has 0 bridgehead atoms. The zero-order valence-corrected chi connectivity index (χ0v) is 12.2. The molecule has 19 heavy (non-hydrogen) atoms. The van der Waals surface area contributed by atoms with E-state index in [4.69, 9.17) is 5.73 Å². The van der Waals surface area contributed by atoms with Crippen LogP contribution < -0.4 is 16.4 Å². The van der Waals surface area contributed by atoms with E-state index in [0.29, 0.717) is 13.0 Å². The predicted octanol–water partition coefficient (Wildman–Crippen LogP) is 1.63. The van der Waals surface area contributed by atoms with Crippen LogP contribution >= 0.6 is 15.9 Å². The normalized spacial score (nSPS) is 10.2. The minimum atomic E-state index is -0.285. The van der Waals surface area contributed by atoms with Crippen LogP contribution in [0.15, 0.2) is 28.7 Å². The first-order chi connectivity index (χ1) is 9.09. The highest BCUT2D eigenvalue weighted by molar-refractivity contribution is 9.10. The van der Waals surface area contributed by atoms with Gasteiger partial charge in [-0.05, 0) is 47.4 Å². The Kier molecular flexibility index (Phi) is 7.14. The van der Waals surface area contributed by atoms with Crippen molar-refractivity contribution < 1.29 is 9.59 Å². The van der Waals surface area contributed by atoms with Crippen LogP contribution in [0.2, 0.25) is 0 Å². The average Bonchev–Trinajstić information content (AvgIpc) is 2.36. The number of amides is 2. The molecule has 0 saturated carbocycles. The number of nitrogens with two attached hydrogens (primary N) is 1. The quantitative estimate of drug-likeness (QED) is 0.634. The van der Waals surface area contributed by atoms with E-state index in [1.807, 2.05) is 24.3 Å². The second-order valence-corrected chi connectivity index (χ2v) is 4.98. The summed E-state index contributed by atoms with van der Waals surface area (Å²) >= 11 is 3.36. The molecule has 2 amide bonds. The Morgan fingerprint density at radius 2 is 1.95 bits per heavy atom. The molecule has 0 fully saturated rings. The molecule has 0 atom stereocenters. The van der Waals surface area contributed by atoms with Crippen LogP contribution in [-0.2, 0) is 9.59 Å². The molecule has 0 aliphatic carbocycles. The van der Waals surface area contributed by atoms with Gasteiger partial charge in [-0.3, -0.25) is 9.59 Å². The van der Waals surface area contributed by atoms with Crippen molar-refractivity contribution in [2.75, 3.05) is 18.4 Å². The van der Waals surface area contributed by atoms with Gasteiger partial charge in [0, 0.05) is 10.9 Å². The number of halogens is 1. The summed E-state index contributed by atoms with van der Waals surface area (Å²) in [6, 6.07) is 7.44. The molecule has 0 unspecified atom stereocenters. The van der Waals surface area contributed by atoms with Crippen LogP contribution in [0.1, 0.15) is 19.3 Å². The third kappa shape index (κ3) is 6.93. The number of nitrogens with one attached hydrogen (secondary N) is 2. The number of unbranched alkanes of at least 4 members (excludes halogenated alkanes) is 1. The monoisotopic (exact) mass is 327 g/mol. The number of primary amides is 1. The SMILES string of the molecule is NC(=O)CCCCNCC(=O)Nc1ccccc1Br. The first-order valence-electron chi connectivity index (χ1n) is 6.13. The lowest BCUT2D eigenvalue weighted by atomic mass is 10.2. The first kappa shape index (κ1) is 15.7. The number of anilines is 1. The third-order valence-corrected chi connectivity index (χ3v) is 3.15. The minimum absolute atomic E-state index is 0.0956. The molecule has 1 rings (SSSR count). The standard InChI is InChI=1S/C13H18BrN3O2/c14-10-5-1-2-6-11(10)17-13(19)9-16-8-4-3-7-12(15)18/h1-2,5-6,16H,3-4,7-9H2,(H2,15,18)(H,17,19). The summed E-state index contributed by atoms with van der Waals surface area (Å²) in [6.45, 7) is 0.939. The fraction of sp³-hybridized carbons (Fsp3) is 0.385. The van der Waals surface area contributed by atoms with Crippen LogP contribution in [0.4, 0.5) is 5.69 Å². The topological polar surface area (TPSA) is 84.2 Å². The Bertz CT molecular complexity index is 438. The van der Waals surface area contributed by atoms with E-state index in [-0.39, 0.29) is 18.4 Å². The Hall–Kier alpha value is -1.40. The Labute approximate surface area is 121 Å². The summed E-state index contributed by atoms with van der Waals surface area (Å²) in [6.07, 6.45) is 1.96. The van der Waals surface area contributed by atoms with Crippen LogP contribution in [0, 0.1) is 0 Å². The van der Waals surface area contributed by atoms with Crippen LogP contribution in [0.25, 0.3) is 0 Å². The van der Waals surface area contributed by atoms with Gasteiger partial charge in [-0.2, -0.15) is 0 Å². The van der Waals surface area contributed by atoms with Crippen LogP contribution in [0.3, 0.4) is 0 Å². The molecule has 6 heteroatoms. The van der Waals surface area contributed by atoms with Crippen molar-refractivity contribution in [3.63, 3.8) is 0 Å². The van der Waals surface area contributed by atoms with Crippen LogP contribution in [-0.4, -0.2) is 24.9 Å². The fourth-order valence-corrected chi connectivity index (χ4v) is 1.89. The molecule has 0 aromatic heterocycles. The highest BCUT2D eigenvalue weighted by atomic mass is 79.9. The number of hydrogen-bond donors (Lipinski definition) is 3. The number of rotatable bonds is 8. The van der Waals surface area contributed by atoms with Gasteiger partial charge in [0.15, 0.2) is 0 Å². The van der Waals surface area contributed by atoms with Gasteiger partial charge in [-0.15, -0.1) is 0 Å². The molecule has 0 spiro atoms. The van der Waals surface area contributed by atoms with Crippen molar-refractivity contribution >= 4 is 33.4 Å². The molecule has 0 radical (unpaired) electrons. The van der Waals surface area contributed by atoms with Gasteiger partial charge < -0.3 is 16.4 Å². The molecule has 1 aromatic rings. The van der Waals surface area contributed by atoms with Gasteiger partial charge in [0.25, 0.3) is 0 Å². The predicted molar refractivity (Wildman–Crippen MR) is 78.7 cm³/mol. The smallest absolute Gasteiger partial charge is 0.238 e. The van der Waals surface area contributed by atoms with E-state index in [2.05, 4.69) is 26.6 Å². The minimum Gasteiger partial charge on any atom is -0.370 e. The second-order valence-electron chi connectivity index (χ2n) is 4.13. The van der Waals surface area contributed by atoms with Gasteiger partial charge in [0.05, 0.1) is 12.2 Å². The van der Waals surface area contributed by atoms with Crippen molar-refractivity contribution in [3.05, 3.63) is 28.7 Å². The molecule has 0 saturated heterocycles. The lowest BCUT2D eigenvalue weighted by Gasteiger charge is -2.08. The summed E-state index contributed by atoms with van der Waals surface area (Å²) in [5.41, 5.74) is 5.78. The Balaban J connectivity index is 2.15. The first-order valence-corrected chi connectivity index (χ1v) is 6.92. The molecule has 0 aliphatic rings. The lowest BCUT2D eigenvalue weighted by molar-refractivity contribution is -0.118. The van der Waals surface area contributed by atoms with E-state index >= 15 is 0 Å². The third-order valence-electron chi connectivity index (χ3n) is 2.46. The number of carbonyl (C=O) groups is 2. The number of carbonyl (C=O) groups excluding carboxylic acids is 2. The number of para-hydroxylation sites is 1. The van der Waals surface area contributed by atoms with E-state index in [9.17, 15) is 9.59 Å². The Morgan fingerprint density at radius 3 is 2.63 bits per heavy atom. The maximum Gasteiger partial charge on any atom is 0.238 e. The van der Waals surface area contributed by atoms with Gasteiger partial charge in [-0.25, -0.2) is 0 Å². The Morgan fingerprint density at radius 1 is 1.21 bits per heavy atom. The molecular weight excluding hydrogens is 310 g/mol. The molecule has 104 valence electrons. The molecule has 0 heterocycles. The molecule has 4 N–H and O–H groups in total. The number of hydrogen-bond acceptors (Lipinski definition) is 3. The zero-order valence-electron chi connectivity index (χ0n) is 10.6. The van der Waals surface area contributed by atoms with Gasteiger partial charge in [0.2, 0.25) is 11.8 Å². The van der Waals surface area contributed by atoms with Crippen molar-refractivity contribution in [1.82, 2.24) is 5.32 Å². The summed E-state index contributed by atoms with van der Waals surface area (Å²) in [7, 11) is 0. The largest absolute Gasteiger partial charge is 0.370 e. The summed E-state index contributed by atoms with van der Waals surface area (Å²) in [4.78, 5) is 22.1. The molecule has 1 aromatic carbocycles. The summed E-state index contributed by atoms with van der Waals surface area (Å²) in [5, 5.41) is 5.82. The maximum atomic E-state index is 11.6. The highest BCUT2D eigenvalue weighted by Crippen LogP contribution is 2.20. The molecule has 0 aliphatic heterocycles. The van der Waals surface area contributed by atoms with Gasteiger partial charge in [-0.1, -0.05) is 12.1 Å². The highest BCUT2D eigenvalue weighted by Gasteiger charge is 2.04.